The molecule has 3 rings (SSSR count). The highest BCUT2D eigenvalue weighted by Crippen LogP contribution is 2.27. The summed E-state index contributed by atoms with van der Waals surface area (Å²) in [6.07, 6.45) is 0.507. The van der Waals surface area contributed by atoms with E-state index in [1.807, 2.05) is 24.3 Å². The van der Waals surface area contributed by atoms with E-state index in [0.717, 1.165) is 9.87 Å². The first-order valence-electron chi connectivity index (χ1n) is 9.26. The van der Waals surface area contributed by atoms with E-state index in [2.05, 4.69) is 18.8 Å². The molecule has 0 saturated carbocycles. The van der Waals surface area contributed by atoms with E-state index < -0.39 is 16.1 Å². The number of para-hydroxylation sites is 1. The highest BCUT2D eigenvalue weighted by molar-refractivity contribution is 7.93. The van der Waals surface area contributed by atoms with Crippen LogP contribution in [0.1, 0.15) is 25.3 Å². The molecular formula is C21H24N2O4S2. The van der Waals surface area contributed by atoms with Gasteiger partial charge in [-0.2, -0.15) is 0 Å². The van der Waals surface area contributed by atoms with Crippen molar-refractivity contribution in [3.63, 3.8) is 0 Å². The molecule has 0 aliphatic rings. The maximum Gasteiger partial charge on any atom is 0.266 e. The van der Waals surface area contributed by atoms with Crippen LogP contribution in [0.5, 0.6) is 5.75 Å². The molecule has 1 atom stereocenters. The van der Waals surface area contributed by atoms with Crippen molar-refractivity contribution in [2.24, 2.45) is 0 Å². The number of rotatable bonds is 9. The smallest absolute Gasteiger partial charge is 0.266 e. The Hall–Kier alpha value is -2.42. The first-order chi connectivity index (χ1) is 13.9. The number of hydrogen-bond acceptors (Lipinski definition) is 6. The zero-order valence-corrected chi connectivity index (χ0v) is 17.9. The normalized spacial score (nSPS) is 12.7. The van der Waals surface area contributed by atoms with E-state index in [-0.39, 0.29) is 24.0 Å². The van der Waals surface area contributed by atoms with Crippen LogP contribution in [0, 0.1) is 0 Å². The number of thiazole rings is 1. The first-order valence-corrected chi connectivity index (χ1v) is 11.6. The summed E-state index contributed by atoms with van der Waals surface area (Å²) in [6, 6.07) is 15.8. The molecule has 0 aliphatic carbocycles. The highest BCUT2D eigenvalue weighted by Gasteiger charge is 2.29. The molecule has 2 aromatic carbocycles. The fourth-order valence-corrected chi connectivity index (χ4v) is 5.21. The van der Waals surface area contributed by atoms with Crippen LogP contribution in [-0.4, -0.2) is 37.8 Å². The van der Waals surface area contributed by atoms with Gasteiger partial charge in [0.1, 0.15) is 18.5 Å². The third-order valence-corrected chi connectivity index (χ3v) is 6.99. The summed E-state index contributed by atoms with van der Waals surface area (Å²) in [4.78, 5) is 4.28. The third kappa shape index (κ3) is 5.14. The van der Waals surface area contributed by atoms with Crippen LogP contribution < -0.4 is 9.04 Å². The van der Waals surface area contributed by atoms with Gasteiger partial charge < -0.3 is 9.84 Å². The minimum Gasteiger partial charge on any atom is -0.491 e. The van der Waals surface area contributed by atoms with Crippen molar-refractivity contribution in [2.75, 3.05) is 17.5 Å². The molecule has 1 aromatic heterocycles. The summed E-state index contributed by atoms with van der Waals surface area (Å²) in [7, 11) is -3.86. The Kier molecular flexibility index (Phi) is 6.89. The number of aliphatic hydroxyl groups is 1. The lowest BCUT2D eigenvalue weighted by molar-refractivity contribution is 0.114. The molecule has 154 valence electrons. The zero-order valence-electron chi connectivity index (χ0n) is 16.3. The summed E-state index contributed by atoms with van der Waals surface area (Å²) in [5, 5.41) is 12.6. The maximum atomic E-state index is 13.1. The van der Waals surface area contributed by atoms with Gasteiger partial charge in [0.15, 0.2) is 5.13 Å². The fourth-order valence-electron chi connectivity index (χ4n) is 2.86. The van der Waals surface area contributed by atoms with E-state index in [0.29, 0.717) is 10.9 Å². The van der Waals surface area contributed by atoms with Gasteiger partial charge in [0.2, 0.25) is 0 Å². The molecule has 1 heterocycles. The average molecular weight is 433 g/mol. The number of anilines is 1. The van der Waals surface area contributed by atoms with Gasteiger partial charge in [0.05, 0.1) is 11.4 Å². The molecule has 8 heteroatoms. The second-order valence-electron chi connectivity index (χ2n) is 6.82. The van der Waals surface area contributed by atoms with Crippen LogP contribution in [0.15, 0.2) is 71.1 Å². The molecule has 0 fully saturated rings. The van der Waals surface area contributed by atoms with Gasteiger partial charge in [-0.05, 0) is 29.7 Å². The number of benzene rings is 2. The molecule has 6 nitrogen and oxygen atoms in total. The lowest BCUT2D eigenvalue weighted by Gasteiger charge is -2.25. The molecular weight excluding hydrogens is 408 g/mol. The van der Waals surface area contributed by atoms with E-state index in [1.165, 1.54) is 29.7 Å². The summed E-state index contributed by atoms with van der Waals surface area (Å²) >= 11 is 1.20. The lowest BCUT2D eigenvalue weighted by Crippen LogP contribution is -2.39. The van der Waals surface area contributed by atoms with Crippen LogP contribution >= 0.6 is 11.3 Å². The molecule has 1 unspecified atom stereocenters. The van der Waals surface area contributed by atoms with Crippen LogP contribution in [0.2, 0.25) is 0 Å². The molecule has 1 N–H and O–H groups in total. The number of ether oxygens (including phenoxy) is 1. The first kappa shape index (κ1) is 21.3. The maximum absolute atomic E-state index is 13.1. The monoisotopic (exact) mass is 432 g/mol. The third-order valence-electron chi connectivity index (χ3n) is 4.31. The van der Waals surface area contributed by atoms with Gasteiger partial charge >= 0.3 is 0 Å². The van der Waals surface area contributed by atoms with Crippen LogP contribution in [0.3, 0.4) is 0 Å². The van der Waals surface area contributed by atoms with Crippen molar-refractivity contribution in [1.29, 1.82) is 0 Å². The number of aliphatic hydroxyl groups excluding tert-OH is 1. The average Bonchev–Trinajstić information content (AvgIpc) is 3.25. The molecule has 0 saturated heterocycles. The van der Waals surface area contributed by atoms with Gasteiger partial charge in [-0.1, -0.05) is 50.2 Å². The standard InChI is InChI=1S/C21H24N2O4S2/c1-16(2)19-10-6-7-11-20(19)27-15-17(24)14-23(21-22-12-13-28-21)29(25,26)18-8-4-3-5-9-18/h3-13,16-17,24H,14-15H2,1-2H3. The Morgan fingerprint density at radius 2 is 1.79 bits per heavy atom. The SMILES string of the molecule is CC(C)c1ccccc1OCC(O)CN(c1nccs1)S(=O)(=O)c1ccccc1. The van der Waals surface area contributed by atoms with E-state index in [9.17, 15) is 13.5 Å². The van der Waals surface area contributed by atoms with Crippen molar-refractivity contribution in [1.82, 2.24) is 4.98 Å². The van der Waals surface area contributed by atoms with E-state index in [1.54, 1.807) is 23.6 Å². The van der Waals surface area contributed by atoms with Crippen LogP contribution in [-0.2, 0) is 10.0 Å². The Bertz CT molecular complexity index is 1010. The van der Waals surface area contributed by atoms with Crippen molar-refractivity contribution < 1.29 is 18.3 Å². The van der Waals surface area contributed by atoms with Crippen LogP contribution in [0.25, 0.3) is 0 Å². The molecule has 3 aromatic rings. The number of sulfonamides is 1. The molecule has 0 radical (unpaired) electrons. The summed E-state index contributed by atoms with van der Waals surface area (Å²) in [5.41, 5.74) is 1.04. The number of aromatic nitrogens is 1. The van der Waals surface area contributed by atoms with E-state index in [4.69, 9.17) is 4.74 Å². The van der Waals surface area contributed by atoms with Crippen molar-refractivity contribution >= 4 is 26.5 Å². The molecule has 0 aliphatic heterocycles. The molecule has 0 amide bonds. The van der Waals surface area contributed by atoms with Gasteiger partial charge in [-0.25, -0.2) is 17.7 Å². The predicted molar refractivity (Wildman–Crippen MR) is 115 cm³/mol. The Labute approximate surface area is 175 Å². The Balaban J connectivity index is 1.77. The van der Waals surface area contributed by atoms with Gasteiger partial charge in [-0.15, -0.1) is 11.3 Å². The summed E-state index contributed by atoms with van der Waals surface area (Å²) < 4.78 is 33.2. The van der Waals surface area contributed by atoms with Crippen molar-refractivity contribution in [3.05, 3.63) is 71.7 Å². The summed E-state index contributed by atoms with van der Waals surface area (Å²) in [5.74, 6) is 0.960. The minimum atomic E-state index is -3.86. The lowest BCUT2D eigenvalue weighted by atomic mass is 10.0. The quantitative estimate of drug-likeness (QED) is 0.555. The molecule has 0 bridgehead atoms. The number of hydrogen-bond donors (Lipinski definition) is 1. The second-order valence-corrected chi connectivity index (χ2v) is 9.56. The summed E-state index contributed by atoms with van der Waals surface area (Å²) in [6.45, 7) is 3.94. The molecule has 0 spiro atoms. The van der Waals surface area contributed by atoms with Gasteiger partial charge in [-0.3, -0.25) is 0 Å². The molecule has 29 heavy (non-hydrogen) atoms. The second kappa shape index (κ2) is 9.39. The Morgan fingerprint density at radius 1 is 1.10 bits per heavy atom. The predicted octanol–water partition coefficient (Wildman–Crippen LogP) is 3.90. The number of nitrogens with zero attached hydrogens (tertiary/aromatic N) is 2. The zero-order chi connectivity index (χ0) is 20.9. The van der Waals surface area contributed by atoms with Crippen molar-refractivity contribution in [3.8, 4) is 5.75 Å². The fraction of sp³-hybridized carbons (Fsp3) is 0.286. The minimum absolute atomic E-state index is 0.0318. The Morgan fingerprint density at radius 3 is 2.45 bits per heavy atom. The van der Waals surface area contributed by atoms with E-state index >= 15 is 0 Å². The highest BCUT2D eigenvalue weighted by atomic mass is 32.2. The van der Waals surface area contributed by atoms with Gasteiger partial charge in [0.25, 0.3) is 10.0 Å². The van der Waals surface area contributed by atoms with Crippen LogP contribution in [0.4, 0.5) is 5.13 Å². The van der Waals surface area contributed by atoms with Crippen molar-refractivity contribution in [2.45, 2.75) is 30.8 Å². The van der Waals surface area contributed by atoms with Gasteiger partial charge in [0, 0.05) is 11.6 Å². The topological polar surface area (TPSA) is 79.7 Å². The largest absolute Gasteiger partial charge is 0.491 e.